The van der Waals surface area contributed by atoms with E-state index in [9.17, 15) is 9.59 Å². The first-order chi connectivity index (χ1) is 26.2. The third kappa shape index (κ3) is 41.7. The van der Waals surface area contributed by atoms with Crippen LogP contribution < -0.4 is 0 Å². The number of rotatable bonds is 44. The van der Waals surface area contributed by atoms with Gasteiger partial charge >= 0.3 is 11.9 Å². The summed E-state index contributed by atoms with van der Waals surface area (Å²) in [5.41, 5.74) is 0. The van der Waals surface area contributed by atoms with Crippen LogP contribution in [0.5, 0.6) is 0 Å². The Hall–Kier alpha value is -1.32. The molecule has 0 saturated carbocycles. The molecule has 0 heterocycles. The van der Waals surface area contributed by atoms with E-state index in [0.29, 0.717) is 13.2 Å². The second kappa shape index (κ2) is 45.1. The van der Waals surface area contributed by atoms with E-state index in [0.717, 1.165) is 44.9 Å². The van der Waals surface area contributed by atoms with Crippen LogP contribution in [0.3, 0.4) is 0 Å². The van der Waals surface area contributed by atoms with Crippen LogP contribution in [0.4, 0.5) is 0 Å². The Morgan fingerprint density at radius 2 is 0.679 bits per heavy atom. The van der Waals surface area contributed by atoms with Gasteiger partial charge in [-0.25, -0.2) is 0 Å². The molecule has 0 radical (unpaired) electrons. The molecule has 1 unspecified atom stereocenters. The summed E-state index contributed by atoms with van der Waals surface area (Å²) in [5, 5.41) is 0. The van der Waals surface area contributed by atoms with Crippen LogP contribution >= 0.6 is 0 Å². The van der Waals surface area contributed by atoms with Crippen LogP contribution in [0.1, 0.15) is 271 Å². The van der Waals surface area contributed by atoms with Crippen molar-refractivity contribution in [3.63, 3.8) is 0 Å². The topological polar surface area (TPSA) is 52.6 Å². The highest BCUT2D eigenvalue weighted by Crippen LogP contribution is 2.20. The first kappa shape index (κ1) is 51.7. The Balaban J connectivity index is 4.19. The Bertz CT molecular complexity index is 762. The molecule has 0 saturated heterocycles. The smallest absolute Gasteiger partial charge is 0.309 e. The molecule has 0 rings (SSSR count). The zero-order valence-electron chi connectivity index (χ0n) is 36.4. The summed E-state index contributed by atoms with van der Waals surface area (Å²) in [7, 11) is 0. The van der Waals surface area contributed by atoms with Gasteiger partial charge in [0, 0.05) is 0 Å². The maximum Gasteiger partial charge on any atom is 0.309 e. The quantitative estimate of drug-likeness (QED) is 0.0354. The Morgan fingerprint density at radius 1 is 0.377 bits per heavy atom. The Labute approximate surface area is 332 Å². The van der Waals surface area contributed by atoms with Crippen LogP contribution in [0, 0.1) is 5.92 Å². The standard InChI is InChI=1S/C49H94O4/c1-4-7-10-13-16-19-22-23-24-25-26-27-28-29-30-31-34-37-40-43-47(49(51)53-45-42-39-36-33-21-18-15-12-9-6-3)46-48(50)52-44-41-38-35-32-20-17-14-11-8-5-2/h26-27,47H,4-25,28-46H2,1-3H3/b27-26+. The SMILES string of the molecule is CCCCCCCCCCC/C=C/CCCCCCCCC(CC(=O)OCCCCCCCCCCCC)C(=O)OCCCCCCCCCCCC. The predicted octanol–water partition coefficient (Wildman–Crippen LogP) is 16.5. The lowest BCUT2D eigenvalue weighted by molar-refractivity contribution is -0.155. The summed E-state index contributed by atoms with van der Waals surface area (Å²) in [4.78, 5) is 25.8. The van der Waals surface area contributed by atoms with Crippen molar-refractivity contribution in [1.82, 2.24) is 0 Å². The molecule has 314 valence electrons. The number of allylic oxidation sites excluding steroid dienone is 2. The highest BCUT2D eigenvalue weighted by molar-refractivity contribution is 5.79. The second-order valence-corrected chi connectivity index (χ2v) is 16.4. The fourth-order valence-corrected chi connectivity index (χ4v) is 7.39. The molecule has 0 fully saturated rings. The summed E-state index contributed by atoms with van der Waals surface area (Å²) in [5.74, 6) is -0.784. The minimum Gasteiger partial charge on any atom is -0.466 e. The predicted molar refractivity (Wildman–Crippen MR) is 232 cm³/mol. The largest absolute Gasteiger partial charge is 0.466 e. The summed E-state index contributed by atoms with van der Waals surface area (Å²) in [6.45, 7) is 7.77. The van der Waals surface area contributed by atoms with E-state index in [1.807, 2.05) is 0 Å². The van der Waals surface area contributed by atoms with Gasteiger partial charge in [-0.3, -0.25) is 9.59 Å². The average molecular weight is 747 g/mol. The first-order valence-electron chi connectivity index (χ1n) is 24.1. The zero-order valence-corrected chi connectivity index (χ0v) is 36.4. The normalized spacial score (nSPS) is 12.1. The van der Waals surface area contributed by atoms with E-state index in [4.69, 9.17) is 9.47 Å². The lowest BCUT2D eigenvalue weighted by atomic mass is 9.97. The molecule has 0 aromatic carbocycles. The Kier molecular flexibility index (Phi) is 43.9. The van der Waals surface area contributed by atoms with Gasteiger partial charge in [0.05, 0.1) is 25.6 Å². The molecular formula is C49H94O4. The van der Waals surface area contributed by atoms with Gasteiger partial charge in [-0.05, 0) is 44.9 Å². The number of carbonyl (C=O) groups is 2. The molecule has 0 amide bonds. The van der Waals surface area contributed by atoms with E-state index in [-0.39, 0.29) is 24.3 Å². The maximum absolute atomic E-state index is 13.1. The van der Waals surface area contributed by atoms with Crippen molar-refractivity contribution in [3.05, 3.63) is 12.2 Å². The molecule has 0 aliphatic carbocycles. The zero-order chi connectivity index (χ0) is 38.6. The molecule has 0 aliphatic heterocycles. The van der Waals surface area contributed by atoms with E-state index >= 15 is 0 Å². The monoisotopic (exact) mass is 747 g/mol. The summed E-state index contributed by atoms with van der Waals surface area (Å²) < 4.78 is 11.3. The number of esters is 2. The van der Waals surface area contributed by atoms with Gasteiger partial charge in [0.15, 0.2) is 0 Å². The number of carbonyl (C=O) groups excluding carboxylic acids is 2. The van der Waals surface area contributed by atoms with Crippen molar-refractivity contribution in [1.29, 1.82) is 0 Å². The van der Waals surface area contributed by atoms with Crippen molar-refractivity contribution >= 4 is 11.9 Å². The molecule has 4 nitrogen and oxygen atoms in total. The second-order valence-electron chi connectivity index (χ2n) is 16.4. The molecule has 0 aliphatic rings. The molecular weight excluding hydrogens is 653 g/mol. The highest BCUT2D eigenvalue weighted by atomic mass is 16.5. The van der Waals surface area contributed by atoms with Gasteiger partial charge in [-0.15, -0.1) is 0 Å². The van der Waals surface area contributed by atoms with Crippen LogP contribution in [0.25, 0.3) is 0 Å². The van der Waals surface area contributed by atoms with Crippen molar-refractivity contribution < 1.29 is 19.1 Å². The van der Waals surface area contributed by atoms with Crippen molar-refractivity contribution in [2.45, 2.75) is 271 Å². The molecule has 0 spiro atoms. The van der Waals surface area contributed by atoms with Crippen molar-refractivity contribution in [3.8, 4) is 0 Å². The van der Waals surface area contributed by atoms with Gasteiger partial charge in [0.1, 0.15) is 0 Å². The van der Waals surface area contributed by atoms with Crippen molar-refractivity contribution in [2.24, 2.45) is 5.92 Å². The molecule has 0 bridgehead atoms. The van der Waals surface area contributed by atoms with Crippen LogP contribution in [-0.2, 0) is 19.1 Å². The summed E-state index contributed by atoms with van der Waals surface area (Å²) in [6.07, 6.45) is 53.0. The third-order valence-electron chi connectivity index (χ3n) is 11.1. The molecule has 4 heteroatoms. The fourth-order valence-electron chi connectivity index (χ4n) is 7.39. The average Bonchev–Trinajstić information content (AvgIpc) is 3.16. The molecule has 1 atom stereocenters. The van der Waals surface area contributed by atoms with Gasteiger partial charge in [0.25, 0.3) is 0 Å². The lowest BCUT2D eigenvalue weighted by Crippen LogP contribution is -2.23. The van der Waals surface area contributed by atoms with E-state index in [1.54, 1.807) is 0 Å². The van der Waals surface area contributed by atoms with Gasteiger partial charge in [0.2, 0.25) is 0 Å². The molecule has 0 N–H and O–H groups in total. The fraction of sp³-hybridized carbons (Fsp3) is 0.918. The molecule has 0 aromatic rings. The number of hydrogen-bond acceptors (Lipinski definition) is 4. The number of hydrogen-bond donors (Lipinski definition) is 0. The minimum atomic E-state index is -0.366. The molecule has 53 heavy (non-hydrogen) atoms. The maximum atomic E-state index is 13.1. The van der Waals surface area contributed by atoms with E-state index in [1.165, 1.54) is 199 Å². The minimum absolute atomic E-state index is 0.167. The van der Waals surface area contributed by atoms with Gasteiger partial charge < -0.3 is 9.47 Å². The first-order valence-corrected chi connectivity index (χ1v) is 24.1. The third-order valence-corrected chi connectivity index (χ3v) is 11.1. The van der Waals surface area contributed by atoms with Crippen LogP contribution in [0.15, 0.2) is 12.2 Å². The van der Waals surface area contributed by atoms with Crippen LogP contribution in [0.2, 0.25) is 0 Å². The Morgan fingerprint density at radius 3 is 1.06 bits per heavy atom. The van der Waals surface area contributed by atoms with E-state index < -0.39 is 0 Å². The highest BCUT2D eigenvalue weighted by Gasteiger charge is 2.24. The summed E-state index contributed by atoms with van der Waals surface area (Å²) in [6, 6.07) is 0. The van der Waals surface area contributed by atoms with Gasteiger partial charge in [-0.1, -0.05) is 232 Å². The van der Waals surface area contributed by atoms with E-state index in [2.05, 4.69) is 32.9 Å². The number of ether oxygens (including phenoxy) is 2. The number of unbranched alkanes of at least 4 members (excludes halogenated alkanes) is 33. The van der Waals surface area contributed by atoms with Crippen molar-refractivity contribution in [2.75, 3.05) is 13.2 Å². The molecule has 0 aromatic heterocycles. The summed E-state index contributed by atoms with van der Waals surface area (Å²) >= 11 is 0. The lowest BCUT2D eigenvalue weighted by Gasteiger charge is -2.16. The van der Waals surface area contributed by atoms with Gasteiger partial charge in [-0.2, -0.15) is 0 Å². The van der Waals surface area contributed by atoms with Crippen LogP contribution in [-0.4, -0.2) is 25.2 Å².